The number of hydrogen-bond acceptors (Lipinski definition) is 4. The molecule has 0 atom stereocenters. The predicted octanol–water partition coefficient (Wildman–Crippen LogP) is 5.75. The normalized spacial score (nSPS) is 10.9. The van der Waals surface area contributed by atoms with Crippen LogP contribution in [0.4, 0.5) is 5.69 Å². The van der Waals surface area contributed by atoms with E-state index in [1.54, 1.807) is 6.07 Å². The number of nitrogens with one attached hydrogen (secondary N) is 1. The predicted molar refractivity (Wildman–Crippen MR) is 119 cm³/mol. The second-order valence-electron chi connectivity index (χ2n) is 7.55. The summed E-state index contributed by atoms with van der Waals surface area (Å²) in [5, 5.41) is 2.86. The van der Waals surface area contributed by atoms with Crippen LogP contribution in [-0.4, -0.2) is 17.5 Å². The Labute approximate surface area is 175 Å². The Morgan fingerprint density at radius 2 is 1.83 bits per heavy atom. The van der Waals surface area contributed by atoms with Crippen LogP contribution >= 0.6 is 0 Å². The molecular weight excluding hydrogens is 376 g/mol. The van der Waals surface area contributed by atoms with Gasteiger partial charge in [-0.2, -0.15) is 0 Å². The minimum Gasteiger partial charge on any atom is -0.483 e. The summed E-state index contributed by atoms with van der Waals surface area (Å²) in [5.74, 6) is 1.06. The highest BCUT2D eigenvalue weighted by atomic mass is 16.5. The maximum Gasteiger partial charge on any atom is 0.262 e. The topological polar surface area (TPSA) is 64.4 Å². The molecule has 4 aromatic rings. The number of oxazole rings is 1. The molecule has 0 bridgehead atoms. The van der Waals surface area contributed by atoms with Gasteiger partial charge in [-0.05, 0) is 74.7 Å². The van der Waals surface area contributed by atoms with Crippen LogP contribution < -0.4 is 10.1 Å². The average Bonchev–Trinajstić information content (AvgIpc) is 3.12. The summed E-state index contributed by atoms with van der Waals surface area (Å²) in [7, 11) is 0. The van der Waals surface area contributed by atoms with Gasteiger partial charge in [0, 0.05) is 11.3 Å². The van der Waals surface area contributed by atoms with Gasteiger partial charge < -0.3 is 14.5 Å². The number of anilines is 1. The summed E-state index contributed by atoms with van der Waals surface area (Å²) in [5.41, 5.74) is 7.45. The highest BCUT2D eigenvalue weighted by Gasteiger charge is 2.12. The Bertz CT molecular complexity index is 1240. The molecule has 30 heavy (non-hydrogen) atoms. The SMILES string of the molecule is Cc1ccc(-c2nc3cc(NC(=O)COc4cccc(C)c4C)ccc3o2)c(C)c1. The molecule has 0 fully saturated rings. The lowest BCUT2D eigenvalue weighted by atomic mass is 10.1. The van der Waals surface area contributed by atoms with Gasteiger partial charge in [-0.15, -0.1) is 0 Å². The molecule has 1 N–H and O–H groups in total. The molecular formula is C25H24N2O3. The number of carbonyl (C=O) groups excluding carboxylic acids is 1. The van der Waals surface area contributed by atoms with Crippen LogP contribution in [0.3, 0.4) is 0 Å². The van der Waals surface area contributed by atoms with Crippen molar-refractivity contribution >= 4 is 22.7 Å². The zero-order valence-electron chi connectivity index (χ0n) is 17.6. The fraction of sp³-hybridized carbons (Fsp3) is 0.200. The second-order valence-corrected chi connectivity index (χ2v) is 7.55. The second kappa shape index (κ2) is 8.03. The smallest absolute Gasteiger partial charge is 0.262 e. The standard InChI is InChI=1S/C25H24N2O3/c1-15-8-10-20(17(3)12-15)25-27-21-13-19(9-11-23(21)30-25)26-24(28)14-29-22-7-5-6-16(2)18(22)4/h5-13H,14H2,1-4H3,(H,26,28). The fourth-order valence-corrected chi connectivity index (χ4v) is 3.39. The van der Waals surface area contributed by atoms with E-state index in [2.05, 4.69) is 23.3 Å². The summed E-state index contributed by atoms with van der Waals surface area (Å²) in [6, 6.07) is 17.4. The Balaban J connectivity index is 1.48. The third kappa shape index (κ3) is 4.06. The Kier molecular flexibility index (Phi) is 5.27. The van der Waals surface area contributed by atoms with Crippen LogP contribution in [0.2, 0.25) is 0 Å². The van der Waals surface area contributed by atoms with Crippen molar-refractivity contribution < 1.29 is 13.9 Å². The maximum atomic E-state index is 12.3. The first kappa shape index (κ1) is 19.7. The highest BCUT2D eigenvalue weighted by molar-refractivity contribution is 5.94. The first-order chi connectivity index (χ1) is 14.4. The van der Waals surface area contributed by atoms with Gasteiger partial charge >= 0.3 is 0 Å². The van der Waals surface area contributed by atoms with E-state index in [0.717, 1.165) is 28.0 Å². The quantitative estimate of drug-likeness (QED) is 0.463. The number of fused-ring (bicyclic) bond motifs is 1. The van der Waals surface area contributed by atoms with Gasteiger partial charge in [0.15, 0.2) is 12.2 Å². The lowest BCUT2D eigenvalue weighted by molar-refractivity contribution is -0.118. The van der Waals surface area contributed by atoms with Gasteiger partial charge in [0.2, 0.25) is 5.89 Å². The Morgan fingerprint density at radius 3 is 2.63 bits per heavy atom. The van der Waals surface area contributed by atoms with Gasteiger partial charge in [0.05, 0.1) is 0 Å². The van der Waals surface area contributed by atoms with Crippen molar-refractivity contribution in [2.24, 2.45) is 0 Å². The van der Waals surface area contributed by atoms with Crippen LogP contribution in [0, 0.1) is 27.7 Å². The Hall–Kier alpha value is -3.60. The number of hydrogen-bond donors (Lipinski definition) is 1. The van der Waals surface area contributed by atoms with E-state index in [1.165, 1.54) is 5.56 Å². The molecule has 0 unspecified atom stereocenters. The number of nitrogens with zero attached hydrogens (tertiary/aromatic N) is 1. The Morgan fingerprint density at radius 1 is 1.00 bits per heavy atom. The minimum absolute atomic E-state index is 0.0606. The summed E-state index contributed by atoms with van der Waals surface area (Å²) in [6.07, 6.45) is 0. The third-order valence-electron chi connectivity index (χ3n) is 5.20. The van der Waals surface area contributed by atoms with Crippen molar-refractivity contribution in [2.45, 2.75) is 27.7 Å². The van der Waals surface area contributed by atoms with Gasteiger partial charge in [0.1, 0.15) is 11.3 Å². The molecule has 1 aromatic heterocycles. The molecule has 1 heterocycles. The molecule has 0 aliphatic rings. The fourth-order valence-electron chi connectivity index (χ4n) is 3.39. The van der Waals surface area contributed by atoms with E-state index in [1.807, 2.05) is 63.2 Å². The molecule has 1 amide bonds. The van der Waals surface area contributed by atoms with Crippen molar-refractivity contribution in [1.29, 1.82) is 0 Å². The summed E-state index contributed by atoms with van der Waals surface area (Å²) in [6.45, 7) is 8.03. The zero-order chi connectivity index (χ0) is 21.3. The van der Waals surface area contributed by atoms with Crippen molar-refractivity contribution in [3.05, 3.63) is 76.9 Å². The zero-order valence-corrected chi connectivity index (χ0v) is 17.6. The van der Waals surface area contributed by atoms with Crippen LogP contribution in [0.15, 0.2) is 59.0 Å². The molecule has 4 rings (SSSR count). The molecule has 152 valence electrons. The number of aromatic nitrogens is 1. The molecule has 5 heteroatoms. The van der Waals surface area contributed by atoms with Crippen LogP contribution in [0.5, 0.6) is 5.75 Å². The number of benzene rings is 3. The van der Waals surface area contributed by atoms with Crippen molar-refractivity contribution in [2.75, 3.05) is 11.9 Å². The van der Waals surface area contributed by atoms with E-state index in [0.29, 0.717) is 22.7 Å². The van der Waals surface area contributed by atoms with Gasteiger partial charge in [0.25, 0.3) is 5.91 Å². The summed E-state index contributed by atoms with van der Waals surface area (Å²) >= 11 is 0. The summed E-state index contributed by atoms with van der Waals surface area (Å²) < 4.78 is 11.6. The van der Waals surface area contributed by atoms with E-state index in [-0.39, 0.29) is 12.5 Å². The van der Waals surface area contributed by atoms with Crippen molar-refractivity contribution in [3.8, 4) is 17.2 Å². The lowest BCUT2D eigenvalue weighted by Crippen LogP contribution is -2.20. The lowest BCUT2D eigenvalue weighted by Gasteiger charge is -2.11. The van der Waals surface area contributed by atoms with Crippen molar-refractivity contribution in [1.82, 2.24) is 4.98 Å². The molecule has 0 spiro atoms. The van der Waals surface area contributed by atoms with Crippen LogP contribution in [0.1, 0.15) is 22.3 Å². The number of aryl methyl sites for hydroxylation is 3. The number of amides is 1. The summed E-state index contributed by atoms with van der Waals surface area (Å²) in [4.78, 5) is 16.9. The first-order valence-electron chi connectivity index (χ1n) is 9.88. The van der Waals surface area contributed by atoms with E-state index in [9.17, 15) is 4.79 Å². The first-order valence-corrected chi connectivity index (χ1v) is 9.88. The molecule has 0 aliphatic carbocycles. The average molecular weight is 400 g/mol. The molecule has 0 radical (unpaired) electrons. The van der Waals surface area contributed by atoms with Gasteiger partial charge in [-0.25, -0.2) is 4.98 Å². The third-order valence-corrected chi connectivity index (χ3v) is 5.20. The molecule has 0 aliphatic heterocycles. The van der Waals surface area contributed by atoms with E-state index < -0.39 is 0 Å². The highest BCUT2D eigenvalue weighted by Crippen LogP contribution is 2.29. The number of ether oxygens (including phenoxy) is 1. The van der Waals surface area contributed by atoms with Crippen LogP contribution in [0.25, 0.3) is 22.6 Å². The maximum absolute atomic E-state index is 12.3. The monoisotopic (exact) mass is 400 g/mol. The van der Waals surface area contributed by atoms with Crippen molar-refractivity contribution in [3.63, 3.8) is 0 Å². The largest absolute Gasteiger partial charge is 0.483 e. The van der Waals surface area contributed by atoms with Crippen LogP contribution in [-0.2, 0) is 4.79 Å². The van der Waals surface area contributed by atoms with Gasteiger partial charge in [-0.3, -0.25) is 4.79 Å². The number of rotatable bonds is 5. The van der Waals surface area contributed by atoms with E-state index >= 15 is 0 Å². The molecule has 0 saturated carbocycles. The van der Waals surface area contributed by atoms with E-state index in [4.69, 9.17) is 9.15 Å². The minimum atomic E-state index is -0.228. The molecule has 0 saturated heterocycles. The number of carbonyl (C=O) groups is 1. The van der Waals surface area contributed by atoms with Gasteiger partial charge in [-0.1, -0.05) is 29.8 Å². The molecule has 5 nitrogen and oxygen atoms in total. The molecule has 3 aromatic carbocycles.